The zero-order valence-corrected chi connectivity index (χ0v) is 14.7. The van der Waals surface area contributed by atoms with Crippen LogP contribution in [0.15, 0.2) is 29.1 Å². The van der Waals surface area contributed by atoms with Gasteiger partial charge < -0.3 is 5.11 Å². The molecule has 2 aromatic heterocycles. The highest BCUT2D eigenvalue weighted by molar-refractivity contribution is 7.17. The first-order valence-corrected chi connectivity index (χ1v) is 9.11. The van der Waals surface area contributed by atoms with Crippen LogP contribution < -0.4 is 5.56 Å². The zero-order valence-electron chi connectivity index (χ0n) is 13.9. The van der Waals surface area contributed by atoms with E-state index in [4.69, 9.17) is 0 Å². The molecule has 0 saturated heterocycles. The van der Waals surface area contributed by atoms with E-state index in [1.165, 1.54) is 27.9 Å². The van der Waals surface area contributed by atoms with Gasteiger partial charge in [0.05, 0.1) is 17.9 Å². The second-order valence-corrected chi connectivity index (χ2v) is 7.55. The molecule has 27 heavy (non-hydrogen) atoms. The van der Waals surface area contributed by atoms with Crippen molar-refractivity contribution in [2.75, 3.05) is 6.61 Å². The maximum atomic E-state index is 14.2. The molecule has 0 bridgehead atoms. The topological polar surface area (TPSA) is 54.6 Å². The Balaban J connectivity index is 1.76. The van der Waals surface area contributed by atoms with Gasteiger partial charge in [-0.25, -0.2) is 9.37 Å². The number of aromatic nitrogens is 2. The van der Waals surface area contributed by atoms with Crippen molar-refractivity contribution in [3.05, 3.63) is 67.8 Å². The van der Waals surface area contributed by atoms with E-state index in [1.807, 2.05) is 0 Å². The highest BCUT2D eigenvalue weighted by atomic mass is 32.1. The molecule has 1 aliphatic carbocycles. The molecule has 1 aliphatic rings. The van der Waals surface area contributed by atoms with Crippen LogP contribution in [0, 0.1) is 5.82 Å². The maximum Gasteiger partial charge on any atom is 0.419 e. The number of hydrogen-bond donors (Lipinski definition) is 1. The summed E-state index contributed by atoms with van der Waals surface area (Å²) in [5.41, 5.74) is -0.914. The summed E-state index contributed by atoms with van der Waals surface area (Å²) in [6.07, 6.45) is -3.50. The molecule has 3 aromatic rings. The SMILES string of the molecule is O=c1cc(Cc2cccc(C(F)(F)F)c2F)nc2sc3c(n12)C(CO)CC3. The molecule has 9 heteroatoms. The summed E-state index contributed by atoms with van der Waals surface area (Å²) in [5, 5.41) is 9.49. The van der Waals surface area contributed by atoms with Crippen LogP contribution in [0.2, 0.25) is 0 Å². The molecule has 0 radical (unpaired) electrons. The first-order valence-electron chi connectivity index (χ1n) is 8.29. The minimum atomic E-state index is -4.79. The van der Waals surface area contributed by atoms with Crippen LogP contribution in [0.25, 0.3) is 4.96 Å². The predicted molar refractivity (Wildman–Crippen MR) is 91.7 cm³/mol. The minimum Gasteiger partial charge on any atom is -0.396 e. The quantitative estimate of drug-likeness (QED) is 0.687. The first kappa shape index (κ1) is 18.1. The molecule has 1 unspecified atom stereocenters. The molecule has 2 heterocycles. The van der Waals surface area contributed by atoms with Gasteiger partial charge in [-0.2, -0.15) is 13.2 Å². The van der Waals surface area contributed by atoms with E-state index in [9.17, 15) is 27.5 Å². The van der Waals surface area contributed by atoms with E-state index in [0.29, 0.717) is 11.0 Å². The van der Waals surface area contributed by atoms with Crippen LogP contribution >= 0.6 is 11.3 Å². The fourth-order valence-corrected chi connectivity index (χ4v) is 4.76. The Labute approximate surface area is 154 Å². The highest BCUT2D eigenvalue weighted by Gasteiger charge is 2.35. The smallest absolute Gasteiger partial charge is 0.396 e. The molecule has 1 aromatic carbocycles. The molecular formula is C18H14F4N2O2S. The average molecular weight is 398 g/mol. The van der Waals surface area contributed by atoms with Gasteiger partial charge in [0.25, 0.3) is 5.56 Å². The Hall–Kier alpha value is -2.26. The number of nitrogens with zero attached hydrogens (tertiary/aromatic N) is 2. The molecule has 1 N–H and O–H groups in total. The van der Waals surface area contributed by atoms with Crippen LogP contribution in [0.4, 0.5) is 17.6 Å². The van der Waals surface area contributed by atoms with E-state index < -0.39 is 17.6 Å². The number of fused-ring (bicyclic) bond motifs is 3. The zero-order chi connectivity index (χ0) is 19.3. The molecule has 0 aliphatic heterocycles. The second kappa shape index (κ2) is 6.42. The molecule has 1 atom stereocenters. The summed E-state index contributed by atoms with van der Waals surface area (Å²) in [6, 6.07) is 4.29. The lowest BCUT2D eigenvalue weighted by Crippen LogP contribution is -2.18. The van der Waals surface area contributed by atoms with Gasteiger partial charge in [0.1, 0.15) is 5.82 Å². The number of thiazole rings is 1. The van der Waals surface area contributed by atoms with Crippen LogP contribution in [0.3, 0.4) is 0 Å². The van der Waals surface area contributed by atoms with Gasteiger partial charge in [-0.3, -0.25) is 9.20 Å². The third-order valence-corrected chi connectivity index (χ3v) is 5.88. The summed E-state index contributed by atoms with van der Waals surface area (Å²) < 4.78 is 54.3. The van der Waals surface area contributed by atoms with E-state index in [1.54, 1.807) is 0 Å². The minimum absolute atomic E-state index is 0.0670. The van der Waals surface area contributed by atoms with Crippen LogP contribution in [-0.4, -0.2) is 21.1 Å². The monoisotopic (exact) mass is 398 g/mol. The van der Waals surface area contributed by atoms with Gasteiger partial charge in [0, 0.05) is 29.0 Å². The van der Waals surface area contributed by atoms with Gasteiger partial charge in [-0.1, -0.05) is 12.1 Å². The van der Waals surface area contributed by atoms with Crippen molar-refractivity contribution in [2.45, 2.75) is 31.4 Å². The number of rotatable bonds is 3. The van der Waals surface area contributed by atoms with Crippen molar-refractivity contribution in [3.63, 3.8) is 0 Å². The third kappa shape index (κ3) is 3.04. The summed E-state index contributed by atoms with van der Waals surface area (Å²) >= 11 is 1.32. The molecule has 4 nitrogen and oxygen atoms in total. The molecule has 0 saturated carbocycles. The van der Waals surface area contributed by atoms with Gasteiger partial charge in [-0.05, 0) is 24.5 Å². The molecule has 0 amide bonds. The number of halogens is 4. The maximum absolute atomic E-state index is 14.2. The Bertz CT molecular complexity index is 1090. The lowest BCUT2D eigenvalue weighted by Gasteiger charge is -2.11. The normalized spacial score (nSPS) is 16.9. The lowest BCUT2D eigenvalue weighted by atomic mass is 10.0. The van der Waals surface area contributed by atoms with Crippen molar-refractivity contribution in [1.29, 1.82) is 0 Å². The Morgan fingerprint density at radius 1 is 1.33 bits per heavy atom. The number of aliphatic hydroxyl groups excluding tert-OH is 1. The van der Waals surface area contributed by atoms with E-state index in [0.717, 1.165) is 29.5 Å². The summed E-state index contributed by atoms with van der Waals surface area (Å²) in [7, 11) is 0. The van der Waals surface area contributed by atoms with Gasteiger partial charge in [-0.15, -0.1) is 11.3 Å². The standard InChI is InChI=1S/C18H14F4N2O2S/c19-15-9(2-1-3-12(15)18(20,21)22)6-11-7-14(26)24-16-10(8-25)4-5-13(16)27-17(24)23-11/h1-3,7,10,25H,4-6,8H2. The third-order valence-electron chi connectivity index (χ3n) is 4.76. The molecule has 142 valence electrons. The molecular weight excluding hydrogens is 384 g/mol. The largest absolute Gasteiger partial charge is 0.419 e. The van der Waals surface area contributed by atoms with Gasteiger partial charge >= 0.3 is 6.18 Å². The van der Waals surface area contributed by atoms with Crippen molar-refractivity contribution in [1.82, 2.24) is 9.38 Å². The highest BCUT2D eigenvalue weighted by Crippen LogP contribution is 2.37. The van der Waals surface area contributed by atoms with E-state index in [2.05, 4.69) is 4.98 Å². The fourth-order valence-electron chi connectivity index (χ4n) is 3.51. The Kier molecular flexibility index (Phi) is 4.31. The molecule has 0 spiro atoms. The summed E-state index contributed by atoms with van der Waals surface area (Å²) in [5.74, 6) is -1.47. The van der Waals surface area contributed by atoms with E-state index in [-0.39, 0.29) is 35.8 Å². The number of benzene rings is 1. The summed E-state index contributed by atoms with van der Waals surface area (Å²) in [6.45, 7) is -0.0670. The average Bonchev–Trinajstić information content (AvgIpc) is 3.14. The second-order valence-electron chi connectivity index (χ2n) is 6.49. The van der Waals surface area contributed by atoms with Crippen LogP contribution in [-0.2, 0) is 19.0 Å². The van der Waals surface area contributed by atoms with Crippen molar-refractivity contribution < 1.29 is 22.7 Å². The van der Waals surface area contributed by atoms with Crippen LogP contribution in [0.5, 0.6) is 0 Å². The van der Waals surface area contributed by atoms with Crippen LogP contribution in [0.1, 0.15) is 39.7 Å². The Morgan fingerprint density at radius 2 is 2.11 bits per heavy atom. The predicted octanol–water partition coefficient (Wildman–Crippen LogP) is 3.53. The number of alkyl halides is 3. The fraction of sp³-hybridized carbons (Fsp3) is 0.333. The molecule has 4 rings (SSSR count). The Morgan fingerprint density at radius 3 is 2.81 bits per heavy atom. The molecule has 0 fully saturated rings. The first-order chi connectivity index (χ1) is 12.8. The van der Waals surface area contributed by atoms with Crippen molar-refractivity contribution in [2.24, 2.45) is 0 Å². The number of aryl methyl sites for hydroxylation is 1. The van der Waals surface area contributed by atoms with Gasteiger partial charge in [0.15, 0.2) is 4.96 Å². The van der Waals surface area contributed by atoms with E-state index >= 15 is 0 Å². The van der Waals surface area contributed by atoms with Crippen molar-refractivity contribution in [3.8, 4) is 0 Å². The van der Waals surface area contributed by atoms with Crippen molar-refractivity contribution >= 4 is 16.3 Å². The lowest BCUT2D eigenvalue weighted by molar-refractivity contribution is -0.140. The van der Waals surface area contributed by atoms with Gasteiger partial charge in [0.2, 0.25) is 0 Å². The number of aliphatic hydroxyl groups is 1. The summed E-state index contributed by atoms with van der Waals surface area (Å²) in [4.78, 5) is 18.3. The number of hydrogen-bond acceptors (Lipinski definition) is 4.